The van der Waals surface area contributed by atoms with E-state index in [1.807, 2.05) is 29.8 Å². The fourth-order valence-corrected chi connectivity index (χ4v) is 3.26. The van der Waals surface area contributed by atoms with Crippen molar-refractivity contribution in [1.82, 2.24) is 9.55 Å². The second kappa shape index (κ2) is 7.53. The number of aliphatic hydroxyl groups excluding tert-OH is 1. The van der Waals surface area contributed by atoms with Gasteiger partial charge >= 0.3 is 0 Å². The third-order valence-electron chi connectivity index (χ3n) is 3.71. The number of thioether (sulfide) groups is 1. The molecule has 0 radical (unpaired) electrons. The Morgan fingerprint density at radius 3 is 2.78 bits per heavy atom. The van der Waals surface area contributed by atoms with E-state index in [1.54, 1.807) is 18.0 Å². The summed E-state index contributed by atoms with van der Waals surface area (Å²) in [5.74, 6) is 1.84. The maximum atomic E-state index is 9.15. The first kappa shape index (κ1) is 15.9. The summed E-state index contributed by atoms with van der Waals surface area (Å²) in [6.07, 6.45) is 2.66. The molecular formula is C18H20N2O2S. The van der Waals surface area contributed by atoms with Crippen LogP contribution in [0.2, 0.25) is 0 Å². The normalized spacial score (nSPS) is 11.0. The van der Waals surface area contributed by atoms with E-state index < -0.39 is 0 Å². The molecule has 0 spiro atoms. The molecule has 0 saturated carbocycles. The van der Waals surface area contributed by atoms with Crippen LogP contribution < -0.4 is 4.74 Å². The van der Waals surface area contributed by atoms with Crippen LogP contribution in [0.4, 0.5) is 0 Å². The van der Waals surface area contributed by atoms with Gasteiger partial charge in [-0.1, -0.05) is 42.1 Å². The number of aromatic nitrogens is 2. The third kappa shape index (κ3) is 3.86. The molecule has 1 aromatic heterocycles. The summed E-state index contributed by atoms with van der Waals surface area (Å²) in [5, 5.41) is 12.5. The van der Waals surface area contributed by atoms with Crippen molar-refractivity contribution < 1.29 is 9.84 Å². The van der Waals surface area contributed by atoms with Gasteiger partial charge in [0.25, 0.3) is 0 Å². The van der Waals surface area contributed by atoms with Gasteiger partial charge < -0.3 is 14.4 Å². The van der Waals surface area contributed by atoms with Crippen molar-refractivity contribution in [1.29, 1.82) is 0 Å². The molecule has 0 amide bonds. The van der Waals surface area contributed by atoms with Crippen molar-refractivity contribution >= 4 is 22.5 Å². The molecule has 5 heteroatoms. The zero-order valence-corrected chi connectivity index (χ0v) is 13.9. The van der Waals surface area contributed by atoms with E-state index in [1.165, 1.54) is 10.8 Å². The number of ether oxygens (including phenoxy) is 1. The van der Waals surface area contributed by atoms with Gasteiger partial charge in [0.1, 0.15) is 5.75 Å². The van der Waals surface area contributed by atoms with Gasteiger partial charge in [0, 0.05) is 12.8 Å². The molecule has 3 rings (SSSR count). The predicted octanol–water partition coefficient (Wildman–Crippen LogP) is 3.63. The maximum absolute atomic E-state index is 9.15. The lowest BCUT2D eigenvalue weighted by atomic mass is 10.1. The minimum atomic E-state index is 0.0230. The summed E-state index contributed by atoms with van der Waals surface area (Å²) in [6, 6.07) is 14.5. The molecule has 1 heterocycles. The molecule has 2 aromatic carbocycles. The zero-order chi connectivity index (χ0) is 16.1. The second-order valence-electron chi connectivity index (χ2n) is 5.31. The van der Waals surface area contributed by atoms with Crippen LogP contribution in [0, 0.1) is 0 Å². The van der Waals surface area contributed by atoms with Crippen LogP contribution in [0.1, 0.15) is 12.1 Å². The van der Waals surface area contributed by atoms with Crippen LogP contribution >= 0.6 is 11.8 Å². The number of rotatable bonds is 7. The Morgan fingerprint density at radius 2 is 2.00 bits per heavy atom. The van der Waals surface area contributed by atoms with Crippen LogP contribution in [0.3, 0.4) is 0 Å². The van der Waals surface area contributed by atoms with Crippen LogP contribution in [0.5, 0.6) is 5.75 Å². The van der Waals surface area contributed by atoms with Crippen molar-refractivity contribution in [3.8, 4) is 5.75 Å². The number of aliphatic hydroxyl groups is 1. The fraction of sp³-hybridized carbons (Fsp3) is 0.278. The minimum absolute atomic E-state index is 0.0230. The van der Waals surface area contributed by atoms with Gasteiger partial charge in [0.15, 0.2) is 5.16 Å². The first-order valence-corrected chi connectivity index (χ1v) is 8.62. The van der Waals surface area contributed by atoms with Gasteiger partial charge in [-0.2, -0.15) is 0 Å². The van der Waals surface area contributed by atoms with Crippen LogP contribution in [0.25, 0.3) is 10.8 Å². The highest BCUT2D eigenvalue weighted by Crippen LogP contribution is 2.21. The molecule has 3 aromatic rings. The Kier molecular flexibility index (Phi) is 5.20. The molecule has 0 fully saturated rings. The lowest BCUT2D eigenvalue weighted by Gasteiger charge is -2.07. The number of fused-ring (bicyclic) bond motifs is 1. The zero-order valence-electron chi connectivity index (χ0n) is 13.1. The fourth-order valence-electron chi connectivity index (χ4n) is 2.38. The van der Waals surface area contributed by atoms with E-state index >= 15 is 0 Å². The van der Waals surface area contributed by atoms with Crippen molar-refractivity contribution in [2.75, 3.05) is 12.4 Å². The van der Waals surface area contributed by atoms with Crippen molar-refractivity contribution in [2.45, 2.75) is 18.2 Å². The summed E-state index contributed by atoms with van der Waals surface area (Å²) in [5.41, 5.74) is 0.833. The number of hydrogen-bond acceptors (Lipinski definition) is 4. The molecule has 23 heavy (non-hydrogen) atoms. The van der Waals surface area contributed by atoms with Crippen molar-refractivity contribution in [2.24, 2.45) is 7.05 Å². The van der Waals surface area contributed by atoms with Gasteiger partial charge in [-0.3, -0.25) is 0 Å². The summed E-state index contributed by atoms with van der Waals surface area (Å²) in [4.78, 5) is 4.30. The lowest BCUT2D eigenvalue weighted by molar-refractivity contribution is 0.271. The topological polar surface area (TPSA) is 47.3 Å². The average Bonchev–Trinajstić information content (AvgIpc) is 2.94. The molecule has 0 aliphatic heterocycles. The van der Waals surface area contributed by atoms with Gasteiger partial charge in [0.2, 0.25) is 0 Å². The molecule has 0 atom stereocenters. The van der Waals surface area contributed by atoms with E-state index in [4.69, 9.17) is 9.84 Å². The maximum Gasteiger partial charge on any atom is 0.167 e. The van der Waals surface area contributed by atoms with Gasteiger partial charge in [-0.05, 0) is 29.3 Å². The molecule has 0 bridgehead atoms. The smallest absolute Gasteiger partial charge is 0.167 e. The van der Waals surface area contributed by atoms with Crippen LogP contribution in [-0.4, -0.2) is 27.0 Å². The first-order chi connectivity index (χ1) is 11.3. The largest absolute Gasteiger partial charge is 0.494 e. The number of hydrogen-bond donors (Lipinski definition) is 1. The van der Waals surface area contributed by atoms with Gasteiger partial charge in [-0.15, -0.1) is 0 Å². The van der Waals surface area contributed by atoms with E-state index in [0.29, 0.717) is 6.61 Å². The van der Waals surface area contributed by atoms with Crippen LogP contribution in [-0.2, 0) is 13.7 Å². The number of imidazole rings is 1. The Labute approximate surface area is 140 Å². The molecule has 4 nitrogen and oxygen atoms in total. The summed E-state index contributed by atoms with van der Waals surface area (Å²) in [6.45, 7) is 0.706. The van der Waals surface area contributed by atoms with E-state index in [2.05, 4.69) is 29.2 Å². The predicted molar refractivity (Wildman–Crippen MR) is 93.9 cm³/mol. The number of nitrogens with zero attached hydrogens (tertiary/aromatic N) is 2. The average molecular weight is 328 g/mol. The molecule has 0 saturated heterocycles. The molecule has 0 aliphatic carbocycles. The standard InChI is InChI=1S/C18H20N2O2S/c1-20-16(13-21)12-19-18(20)23-10-4-9-22-17-8-7-14-5-2-3-6-15(14)11-17/h2-3,5-8,11-12,21H,4,9-10,13H2,1H3. The second-order valence-corrected chi connectivity index (χ2v) is 6.37. The summed E-state index contributed by atoms with van der Waals surface area (Å²) >= 11 is 1.68. The van der Waals surface area contributed by atoms with E-state index in [0.717, 1.165) is 28.8 Å². The third-order valence-corrected chi connectivity index (χ3v) is 4.84. The SMILES string of the molecule is Cn1c(CO)cnc1SCCCOc1ccc2ccccc2c1. The highest BCUT2D eigenvalue weighted by molar-refractivity contribution is 7.99. The lowest BCUT2D eigenvalue weighted by Crippen LogP contribution is -2.01. The highest BCUT2D eigenvalue weighted by Gasteiger charge is 2.05. The minimum Gasteiger partial charge on any atom is -0.494 e. The summed E-state index contributed by atoms with van der Waals surface area (Å²) < 4.78 is 7.75. The summed E-state index contributed by atoms with van der Waals surface area (Å²) in [7, 11) is 1.92. The Hall–Kier alpha value is -1.98. The van der Waals surface area contributed by atoms with E-state index in [9.17, 15) is 0 Å². The Bertz CT molecular complexity index is 786. The monoisotopic (exact) mass is 328 g/mol. The Balaban J connectivity index is 1.46. The van der Waals surface area contributed by atoms with Crippen LogP contribution in [0.15, 0.2) is 53.8 Å². The quantitative estimate of drug-likeness (QED) is 0.531. The van der Waals surface area contributed by atoms with E-state index in [-0.39, 0.29) is 6.61 Å². The van der Waals surface area contributed by atoms with Gasteiger partial charge in [-0.25, -0.2) is 4.98 Å². The highest BCUT2D eigenvalue weighted by atomic mass is 32.2. The molecule has 120 valence electrons. The molecule has 0 aliphatic rings. The molecule has 1 N–H and O–H groups in total. The number of benzene rings is 2. The van der Waals surface area contributed by atoms with Crippen molar-refractivity contribution in [3.63, 3.8) is 0 Å². The van der Waals surface area contributed by atoms with Crippen molar-refractivity contribution in [3.05, 3.63) is 54.4 Å². The first-order valence-electron chi connectivity index (χ1n) is 7.64. The Morgan fingerprint density at radius 1 is 1.17 bits per heavy atom. The molecular weight excluding hydrogens is 308 g/mol. The van der Waals surface area contributed by atoms with Gasteiger partial charge in [0.05, 0.1) is 25.1 Å². The molecule has 0 unspecified atom stereocenters.